The lowest BCUT2D eigenvalue weighted by atomic mass is 10.1. The first kappa shape index (κ1) is 13.3. The van der Waals surface area contributed by atoms with Crippen LogP contribution in [0.5, 0.6) is 0 Å². The molecule has 2 fully saturated rings. The highest BCUT2D eigenvalue weighted by molar-refractivity contribution is 5.97. The Morgan fingerprint density at radius 2 is 2.00 bits per heavy atom. The number of anilines is 1. The molecule has 1 aromatic heterocycles. The number of amides is 1. The summed E-state index contributed by atoms with van der Waals surface area (Å²) in [4.78, 5) is 20.7. The highest BCUT2D eigenvalue weighted by Gasteiger charge is 2.29. The first-order valence-electron chi connectivity index (χ1n) is 7.12. The first-order chi connectivity index (χ1) is 9.65. The molecule has 1 amide bonds. The summed E-state index contributed by atoms with van der Waals surface area (Å²) in [6.45, 7) is 7.94. The van der Waals surface area contributed by atoms with Crippen molar-refractivity contribution < 1.29 is 4.79 Å². The van der Waals surface area contributed by atoms with Gasteiger partial charge in [-0.15, -0.1) is 0 Å². The van der Waals surface area contributed by atoms with Crippen molar-refractivity contribution in [3.05, 3.63) is 23.4 Å². The number of piperazine rings is 1. The van der Waals surface area contributed by atoms with Gasteiger partial charge in [0.2, 0.25) is 0 Å². The van der Waals surface area contributed by atoms with Gasteiger partial charge in [0.25, 0.3) is 5.91 Å². The zero-order valence-corrected chi connectivity index (χ0v) is 11.8. The normalized spacial score (nSPS) is 20.8. The monoisotopic (exact) mass is 275 g/mol. The number of hydrogen-bond acceptors (Lipinski definition) is 5. The van der Waals surface area contributed by atoms with Crippen molar-refractivity contribution in [2.24, 2.45) is 5.73 Å². The van der Waals surface area contributed by atoms with Crippen LogP contribution in [0.3, 0.4) is 0 Å². The number of pyridine rings is 1. The van der Waals surface area contributed by atoms with Crippen LogP contribution in [0, 0.1) is 6.92 Å². The molecule has 2 saturated heterocycles. The van der Waals surface area contributed by atoms with Crippen molar-refractivity contribution >= 4 is 11.7 Å². The van der Waals surface area contributed by atoms with E-state index in [1.807, 2.05) is 13.0 Å². The van der Waals surface area contributed by atoms with Gasteiger partial charge in [0.15, 0.2) is 0 Å². The van der Waals surface area contributed by atoms with Crippen LogP contribution in [0.25, 0.3) is 0 Å². The van der Waals surface area contributed by atoms with Crippen molar-refractivity contribution in [1.82, 2.24) is 15.2 Å². The summed E-state index contributed by atoms with van der Waals surface area (Å²) >= 11 is 0. The van der Waals surface area contributed by atoms with Crippen molar-refractivity contribution in [3.8, 4) is 0 Å². The third kappa shape index (κ3) is 2.48. The molecule has 2 aliphatic rings. The molecule has 0 aromatic carbocycles. The quantitative estimate of drug-likeness (QED) is 0.784. The van der Waals surface area contributed by atoms with E-state index < -0.39 is 5.91 Å². The van der Waals surface area contributed by atoms with Gasteiger partial charge >= 0.3 is 0 Å². The Bertz CT molecular complexity index is 506. The summed E-state index contributed by atoms with van der Waals surface area (Å²) in [5, 5.41) is 3.30. The Kier molecular flexibility index (Phi) is 3.58. The average molecular weight is 275 g/mol. The molecule has 1 aromatic rings. The van der Waals surface area contributed by atoms with E-state index in [0.29, 0.717) is 11.6 Å². The van der Waals surface area contributed by atoms with Crippen molar-refractivity contribution in [2.45, 2.75) is 13.0 Å². The molecule has 0 spiro atoms. The van der Waals surface area contributed by atoms with Gasteiger partial charge in [-0.05, 0) is 19.1 Å². The van der Waals surface area contributed by atoms with Gasteiger partial charge in [0.1, 0.15) is 5.82 Å². The largest absolute Gasteiger partial charge is 0.365 e. The highest BCUT2D eigenvalue weighted by Crippen LogP contribution is 2.21. The zero-order valence-electron chi connectivity index (χ0n) is 11.8. The molecule has 3 heterocycles. The van der Waals surface area contributed by atoms with Crippen LogP contribution in [0.4, 0.5) is 5.82 Å². The molecule has 3 N–H and O–H groups in total. The summed E-state index contributed by atoms with van der Waals surface area (Å²) in [5.74, 6) is 0.335. The Labute approximate surface area is 118 Å². The smallest absolute Gasteiger partial charge is 0.252 e. The number of hydrogen-bond donors (Lipinski definition) is 2. The molecule has 0 aliphatic carbocycles. The highest BCUT2D eigenvalue weighted by atomic mass is 16.1. The Balaban J connectivity index is 1.73. The van der Waals surface area contributed by atoms with Crippen molar-refractivity contribution in [2.75, 3.05) is 44.2 Å². The molecule has 108 valence electrons. The topological polar surface area (TPSA) is 74.5 Å². The second-order valence-corrected chi connectivity index (χ2v) is 5.52. The van der Waals surface area contributed by atoms with E-state index in [9.17, 15) is 4.79 Å². The van der Waals surface area contributed by atoms with E-state index in [-0.39, 0.29) is 0 Å². The number of aryl methyl sites for hydroxylation is 1. The molecule has 0 saturated carbocycles. The van der Waals surface area contributed by atoms with E-state index >= 15 is 0 Å². The number of carbonyl (C=O) groups is 1. The van der Waals surface area contributed by atoms with Crippen LogP contribution in [0.2, 0.25) is 0 Å². The lowest BCUT2D eigenvalue weighted by Crippen LogP contribution is -2.61. The van der Waals surface area contributed by atoms with Crippen molar-refractivity contribution in [1.29, 1.82) is 0 Å². The molecule has 2 aliphatic heterocycles. The summed E-state index contributed by atoms with van der Waals surface area (Å²) in [7, 11) is 0. The van der Waals surface area contributed by atoms with Crippen LogP contribution in [0.15, 0.2) is 12.1 Å². The van der Waals surface area contributed by atoms with Crippen LogP contribution >= 0.6 is 0 Å². The summed E-state index contributed by atoms with van der Waals surface area (Å²) in [6, 6.07) is 4.29. The molecular weight excluding hydrogens is 254 g/mol. The lowest BCUT2D eigenvalue weighted by Gasteiger charge is -2.43. The van der Waals surface area contributed by atoms with Crippen LogP contribution in [-0.2, 0) is 0 Å². The maximum Gasteiger partial charge on any atom is 0.252 e. The fourth-order valence-electron chi connectivity index (χ4n) is 2.81. The second kappa shape index (κ2) is 5.38. The fraction of sp³-hybridized carbons (Fsp3) is 0.571. The Morgan fingerprint density at radius 3 is 2.55 bits per heavy atom. The minimum absolute atomic E-state index is 0.405. The van der Waals surface area contributed by atoms with Crippen LogP contribution in [-0.4, -0.2) is 61.1 Å². The minimum Gasteiger partial charge on any atom is -0.365 e. The molecule has 3 rings (SSSR count). The van der Waals surface area contributed by atoms with Gasteiger partial charge in [-0.1, -0.05) is 0 Å². The number of nitrogens with zero attached hydrogens (tertiary/aromatic N) is 3. The zero-order chi connectivity index (χ0) is 14.1. The summed E-state index contributed by atoms with van der Waals surface area (Å²) < 4.78 is 0. The number of nitrogens with one attached hydrogen (secondary N) is 1. The maximum atomic E-state index is 11.5. The van der Waals surface area contributed by atoms with E-state index in [1.165, 1.54) is 0 Å². The number of primary amides is 1. The summed E-state index contributed by atoms with van der Waals surface area (Å²) in [5.41, 5.74) is 6.89. The number of nitrogens with two attached hydrogens (primary N) is 1. The molecule has 0 bridgehead atoms. The lowest BCUT2D eigenvalue weighted by molar-refractivity contribution is 0.0999. The number of rotatable bonds is 3. The molecular formula is C14H21N5O. The number of carbonyl (C=O) groups excluding carboxylic acids is 1. The summed E-state index contributed by atoms with van der Waals surface area (Å²) in [6.07, 6.45) is 0. The van der Waals surface area contributed by atoms with Gasteiger partial charge in [-0.2, -0.15) is 0 Å². The molecule has 0 unspecified atom stereocenters. The predicted molar refractivity (Wildman–Crippen MR) is 77.9 cm³/mol. The third-order valence-corrected chi connectivity index (χ3v) is 4.17. The van der Waals surface area contributed by atoms with E-state index in [4.69, 9.17) is 5.73 Å². The maximum absolute atomic E-state index is 11.5. The molecule has 6 heteroatoms. The van der Waals surface area contributed by atoms with E-state index in [2.05, 4.69) is 20.1 Å². The van der Waals surface area contributed by atoms with Gasteiger partial charge < -0.3 is 16.0 Å². The first-order valence-corrected chi connectivity index (χ1v) is 7.12. The van der Waals surface area contributed by atoms with Gasteiger partial charge in [0.05, 0.1) is 5.56 Å². The van der Waals surface area contributed by atoms with E-state index in [1.54, 1.807) is 6.07 Å². The molecule has 0 radical (unpaired) electrons. The SMILES string of the molecule is Cc1ccc(C(N)=O)c(N2CCN(C3CNC3)CC2)n1. The van der Waals surface area contributed by atoms with Gasteiger partial charge in [0, 0.05) is 51.0 Å². The fourth-order valence-corrected chi connectivity index (χ4v) is 2.81. The molecule has 0 atom stereocenters. The van der Waals surface area contributed by atoms with Crippen LogP contribution in [0.1, 0.15) is 16.1 Å². The van der Waals surface area contributed by atoms with Crippen LogP contribution < -0.4 is 16.0 Å². The van der Waals surface area contributed by atoms with Crippen molar-refractivity contribution in [3.63, 3.8) is 0 Å². The van der Waals surface area contributed by atoms with E-state index in [0.717, 1.165) is 50.8 Å². The van der Waals surface area contributed by atoms with Gasteiger partial charge in [-0.3, -0.25) is 9.69 Å². The standard InChI is InChI=1S/C14H21N5O/c1-10-2-3-12(13(15)20)14(17-10)19-6-4-18(5-7-19)11-8-16-9-11/h2-3,11,16H,4-9H2,1H3,(H2,15,20). The Hall–Kier alpha value is -1.66. The Morgan fingerprint density at radius 1 is 1.30 bits per heavy atom. The second-order valence-electron chi connectivity index (χ2n) is 5.52. The molecule has 6 nitrogen and oxygen atoms in total. The predicted octanol–water partition coefficient (Wildman–Crippen LogP) is -0.417. The third-order valence-electron chi connectivity index (χ3n) is 4.17. The molecule has 20 heavy (non-hydrogen) atoms. The minimum atomic E-state index is -0.405. The number of aromatic nitrogens is 1. The average Bonchev–Trinajstić information content (AvgIpc) is 2.37. The van der Waals surface area contributed by atoms with Gasteiger partial charge in [-0.25, -0.2) is 4.98 Å².